The molecule has 0 aliphatic heterocycles. The van der Waals surface area contributed by atoms with Gasteiger partial charge in [0.15, 0.2) is 9.84 Å². The molecule has 0 atom stereocenters. The van der Waals surface area contributed by atoms with E-state index < -0.39 is 21.5 Å². The van der Waals surface area contributed by atoms with E-state index in [1.807, 2.05) is 0 Å². The predicted molar refractivity (Wildman–Crippen MR) is 73.9 cm³/mol. The van der Waals surface area contributed by atoms with Crippen LogP contribution in [-0.4, -0.2) is 30.5 Å². The van der Waals surface area contributed by atoms with Crippen molar-refractivity contribution in [2.45, 2.75) is 51.3 Å². The first kappa shape index (κ1) is 15.0. The van der Waals surface area contributed by atoms with E-state index in [2.05, 4.69) is 10.5 Å². The van der Waals surface area contributed by atoms with Crippen molar-refractivity contribution >= 4 is 15.7 Å². The Labute approximate surface area is 118 Å². The van der Waals surface area contributed by atoms with Crippen LogP contribution in [0.2, 0.25) is 0 Å². The lowest BCUT2D eigenvalue weighted by molar-refractivity contribution is -0.118. The summed E-state index contributed by atoms with van der Waals surface area (Å²) in [6.07, 6.45) is 3.23. The summed E-state index contributed by atoms with van der Waals surface area (Å²) in [5.41, 5.74) is 1.51. The first-order valence-electron chi connectivity index (χ1n) is 6.80. The molecule has 1 saturated carbocycles. The highest BCUT2D eigenvalue weighted by Crippen LogP contribution is 2.25. The lowest BCUT2D eigenvalue weighted by atomic mass is 10.2. The molecule has 1 fully saturated rings. The summed E-state index contributed by atoms with van der Waals surface area (Å²) in [7, 11) is -3.32. The fraction of sp³-hybridized carbons (Fsp3) is 0.692. The van der Waals surface area contributed by atoms with Gasteiger partial charge in [-0.3, -0.25) is 4.79 Å². The zero-order valence-electron chi connectivity index (χ0n) is 11.8. The highest BCUT2D eigenvalue weighted by Gasteiger charge is 2.30. The topological polar surface area (TPSA) is 89.3 Å². The van der Waals surface area contributed by atoms with Gasteiger partial charge in [-0.15, -0.1) is 0 Å². The minimum absolute atomic E-state index is 0.250. The normalized spacial score (nSPS) is 16.5. The number of nitrogens with zero attached hydrogens (tertiary/aromatic N) is 1. The summed E-state index contributed by atoms with van der Waals surface area (Å²) in [6, 6.07) is 0. The molecule has 1 N–H and O–H groups in total. The molecule has 0 unspecified atom stereocenters. The van der Waals surface area contributed by atoms with Crippen molar-refractivity contribution in [3.63, 3.8) is 0 Å². The third-order valence-corrected chi connectivity index (χ3v) is 5.94. The third-order valence-electron chi connectivity index (χ3n) is 3.79. The smallest absolute Gasteiger partial charge is 0.235 e. The fourth-order valence-corrected chi connectivity index (χ4v) is 4.30. The summed E-state index contributed by atoms with van der Waals surface area (Å²) in [5, 5.41) is 6.07. The van der Waals surface area contributed by atoms with Gasteiger partial charge in [-0.25, -0.2) is 8.42 Å². The number of sulfone groups is 1. The molecule has 20 heavy (non-hydrogen) atoms. The average molecular weight is 300 g/mol. The molecule has 112 valence electrons. The lowest BCUT2D eigenvalue weighted by Crippen LogP contribution is -2.34. The molecule has 1 amide bonds. The van der Waals surface area contributed by atoms with E-state index >= 15 is 0 Å². The first-order chi connectivity index (χ1) is 9.40. The maximum Gasteiger partial charge on any atom is 0.235 e. The Hall–Kier alpha value is -1.37. The van der Waals surface area contributed by atoms with E-state index in [-0.39, 0.29) is 11.8 Å². The third kappa shape index (κ3) is 3.39. The quantitative estimate of drug-likeness (QED) is 0.884. The van der Waals surface area contributed by atoms with Crippen molar-refractivity contribution in [3.8, 4) is 0 Å². The summed E-state index contributed by atoms with van der Waals surface area (Å²) in [4.78, 5) is 11.8. The zero-order valence-corrected chi connectivity index (χ0v) is 12.6. The molecule has 1 aliphatic carbocycles. The second kappa shape index (κ2) is 5.95. The monoisotopic (exact) mass is 300 g/mol. The molecule has 1 aromatic heterocycles. The molecule has 0 bridgehead atoms. The van der Waals surface area contributed by atoms with E-state index in [4.69, 9.17) is 4.52 Å². The predicted octanol–water partition coefficient (Wildman–Crippen LogP) is 1.27. The van der Waals surface area contributed by atoms with Gasteiger partial charge in [0.1, 0.15) is 11.5 Å². The summed E-state index contributed by atoms with van der Waals surface area (Å²) in [6.45, 7) is 3.80. The van der Waals surface area contributed by atoms with Crippen LogP contribution < -0.4 is 5.32 Å². The van der Waals surface area contributed by atoms with Crippen LogP contribution in [-0.2, 0) is 21.2 Å². The molecule has 1 heterocycles. The van der Waals surface area contributed by atoms with Crippen LogP contribution >= 0.6 is 0 Å². The number of rotatable bonds is 5. The second-order valence-electron chi connectivity index (χ2n) is 5.29. The highest BCUT2D eigenvalue weighted by atomic mass is 32.2. The molecule has 0 aromatic carbocycles. The van der Waals surface area contributed by atoms with Crippen LogP contribution in [0.25, 0.3) is 0 Å². The van der Waals surface area contributed by atoms with Gasteiger partial charge >= 0.3 is 0 Å². The molecule has 0 radical (unpaired) electrons. The molecule has 6 nitrogen and oxygen atoms in total. The molecular formula is C13H20N2O4S. The van der Waals surface area contributed by atoms with Gasteiger partial charge < -0.3 is 9.84 Å². The molecule has 1 aliphatic rings. The minimum atomic E-state index is -3.32. The van der Waals surface area contributed by atoms with Crippen LogP contribution in [0.3, 0.4) is 0 Å². The minimum Gasteiger partial charge on any atom is -0.361 e. The van der Waals surface area contributed by atoms with Crippen LogP contribution in [0.15, 0.2) is 4.52 Å². The van der Waals surface area contributed by atoms with Crippen molar-refractivity contribution in [2.75, 3.05) is 5.75 Å². The molecule has 2 rings (SSSR count). The lowest BCUT2D eigenvalue weighted by Gasteiger charge is -2.11. The molecule has 1 aromatic rings. The van der Waals surface area contributed by atoms with Gasteiger partial charge in [-0.1, -0.05) is 18.0 Å². The number of amides is 1. The molecule has 0 spiro atoms. The standard InChI is InChI=1S/C13H20N2O4S/c1-9-12(10(2)19-15-9)7-14-13(16)8-20(17,18)11-5-3-4-6-11/h11H,3-8H2,1-2H3,(H,14,16). The maximum atomic E-state index is 12.0. The number of aryl methyl sites for hydroxylation is 2. The van der Waals surface area contributed by atoms with E-state index in [1.54, 1.807) is 13.8 Å². The number of carbonyl (C=O) groups excluding carboxylic acids is 1. The number of hydrogen-bond donors (Lipinski definition) is 1. The first-order valence-corrected chi connectivity index (χ1v) is 8.51. The van der Waals surface area contributed by atoms with Gasteiger partial charge in [0.2, 0.25) is 5.91 Å². The number of hydrogen-bond acceptors (Lipinski definition) is 5. The average Bonchev–Trinajstić information content (AvgIpc) is 2.98. The fourth-order valence-electron chi connectivity index (χ4n) is 2.54. The summed E-state index contributed by atoms with van der Waals surface area (Å²) >= 11 is 0. The SMILES string of the molecule is Cc1noc(C)c1CNC(=O)CS(=O)(=O)C1CCCC1. The Balaban J connectivity index is 1.90. The van der Waals surface area contributed by atoms with Gasteiger partial charge in [0.05, 0.1) is 10.9 Å². The Morgan fingerprint density at radius 2 is 2.00 bits per heavy atom. The number of nitrogens with one attached hydrogen (secondary N) is 1. The van der Waals surface area contributed by atoms with E-state index in [0.717, 1.165) is 18.4 Å². The summed E-state index contributed by atoms with van der Waals surface area (Å²) in [5.74, 6) is -0.250. The van der Waals surface area contributed by atoms with Crippen LogP contribution in [0, 0.1) is 13.8 Å². The van der Waals surface area contributed by atoms with Gasteiger partial charge in [0, 0.05) is 12.1 Å². The summed E-state index contributed by atoms with van der Waals surface area (Å²) < 4.78 is 29.1. The van der Waals surface area contributed by atoms with Crippen molar-refractivity contribution in [2.24, 2.45) is 0 Å². The molecule has 7 heteroatoms. The van der Waals surface area contributed by atoms with Crippen molar-refractivity contribution in [3.05, 3.63) is 17.0 Å². The Kier molecular flexibility index (Phi) is 4.47. The second-order valence-corrected chi connectivity index (χ2v) is 7.57. The van der Waals surface area contributed by atoms with E-state index in [0.29, 0.717) is 24.3 Å². The van der Waals surface area contributed by atoms with Crippen molar-refractivity contribution in [1.29, 1.82) is 0 Å². The Bertz CT molecular complexity index is 566. The van der Waals surface area contributed by atoms with Crippen LogP contribution in [0.4, 0.5) is 0 Å². The Morgan fingerprint density at radius 3 is 2.55 bits per heavy atom. The van der Waals surface area contributed by atoms with Gasteiger partial charge in [0.25, 0.3) is 0 Å². The molecule has 0 saturated heterocycles. The zero-order chi connectivity index (χ0) is 14.8. The number of carbonyl (C=O) groups is 1. The Morgan fingerprint density at radius 1 is 1.35 bits per heavy atom. The van der Waals surface area contributed by atoms with Gasteiger partial charge in [-0.05, 0) is 26.7 Å². The van der Waals surface area contributed by atoms with Crippen molar-refractivity contribution < 1.29 is 17.7 Å². The maximum absolute atomic E-state index is 12.0. The largest absolute Gasteiger partial charge is 0.361 e. The van der Waals surface area contributed by atoms with Crippen LogP contribution in [0.1, 0.15) is 42.7 Å². The van der Waals surface area contributed by atoms with Gasteiger partial charge in [-0.2, -0.15) is 0 Å². The highest BCUT2D eigenvalue weighted by molar-refractivity contribution is 7.92. The number of aromatic nitrogens is 1. The van der Waals surface area contributed by atoms with Crippen molar-refractivity contribution in [1.82, 2.24) is 10.5 Å². The molecular weight excluding hydrogens is 280 g/mol. The van der Waals surface area contributed by atoms with E-state index in [1.165, 1.54) is 0 Å². The van der Waals surface area contributed by atoms with Crippen LogP contribution in [0.5, 0.6) is 0 Å². The van der Waals surface area contributed by atoms with E-state index in [9.17, 15) is 13.2 Å².